The lowest BCUT2D eigenvalue weighted by atomic mass is 10.1. The van der Waals surface area contributed by atoms with Gasteiger partial charge in [0.1, 0.15) is 24.1 Å². The van der Waals surface area contributed by atoms with Gasteiger partial charge in [-0.15, -0.1) is 0 Å². The first-order valence-electron chi connectivity index (χ1n) is 6.94. The fourth-order valence-electron chi connectivity index (χ4n) is 3.01. The van der Waals surface area contributed by atoms with Gasteiger partial charge in [-0.1, -0.05) is 11.6 Å². The van der Waals surface area contributed by atoms with Gasteiger partial charge in [0, 0.05) is 0 Å². The number of imidazole rings is 1. The summed E-state index contributed by atoms with van der Waals surface area (Å²) in [4.78, 5) is 23.6. The zero-order chi connectivity index (χ0) is 16.4. The van der Waals surface area contributed by atoms with Crippen LogP contribution in [0.1, 0.15) is 20.1 Å². The molecule has 9 nitrogen and oxygen atoms in total. The Hall–Kier alpha value is -1.81. The first kappa shape index (κ1) is 14.8. The third kappa shape index (κ3) is 2.19. The quantitative estimate of drug-likeness (QED) is 0.806. The molecule has 2 aliphatic heterocycles. The van der Waals surface area contributed by atoms with Crippen LogP contribution >= 0.6 is 11.6 Å². The SMILES string of the molecule is CC1(C)O[C@@H]2[C@H](O1)[C@H](n1cnc3c(Cl)ncnc31)O[C@@H]2C(=O)O. The van der Waals surface area contributed by atoms with Crippen molar-refractivity contribution in [3.05, 3.63) is 17.8 Å². The topological polar surface area (TPSA) is 109 Å². The molecule has 1 N–H and O–H groups in total. The van der Waals surface area contributed by atoms with Crippen LogP contribution in [-0.4, -0.2) is 54.7 Å². The normalized spacial score (nSPS) is 32.3. The number of halogens is 1. The number of rotatable bonds is 2. The summed E-state index contributed by atoms with van der Waals surface area (Å²) < 4.78 is 18.8. The molecule has 0 saturated carbocycles. The molecule has 0 unspecified atom stereocenters. The molecule has 2 aromatic heterocycles. The molecule has 0 radical (unpaired) electrons. The minimum atomic E-state index is -1.14. The van der Waals surface area contributed by atoms with Crippen molar-refractivity contribution < 1.29 is 24.1 Å². The maximum absolute atomic E-state index is 11.5. The van der Waals surface area contributed by atoms with Gasteiger partial charge in [0.2, 0.25) is 0 Å². The standard InChI is InChI=1S/C13H13ClN4O5/c1-13(2)22-6-7(23-13)11(21-8(6)12(19)20)18-4-17-5-9(14)15-3-16-10(5)18/h3-4,6-8,11H,1-2H3,(H,19,20)/t6-,7+,8+,11-/m1/s1. The fourth-order valence-corrected chi connectivity index (χ4v) is 3.19. The molecule has 4 atom stereocenters. The van der Waals surface area contributed by atoms with Crippen molar-refractivity contribution in [3.63, 3.8) is 0 Å². The van der Waals surface area contributed by atoms with E-state index >= 15 is 0 Å². The summed E-state index contributed by atoms with van der Waals surface area (Å²) >= 11 is 5.99. The van der Waals surface area contributed by atoms with Gasteiger partial charge >= 0.3 is 5.97 Å². The van der Waals surface area contributed by atoms with Gasteiger partial charge in [0.15, 0.2) is 28.9 Å². The van der Waals surface area contributed by atoms with E-state index < -0.39 is 36.3 Å². The molecule has 0 amide bonds. The van der Waals surface area contributed by atoms with E-state index in [4.69, 9.17) is 25.8 Å². The summed E-state index contributed by atoms with van der Waals surface area (Å²) in [7, 11) is 0. The number of carboxylic acid groups (broad SMARTS) is 1. The molecule has 0 spiro atoms. The predicted molar refractivity (Wildman–Crippen MR) is 75.7 cm³/mol. The molecule has 0 bridgehead atoms. The summed E-state index contributed by atoms with van der Waals surface area (Å²) in [6, 6.07) is 0. The van der Waals surface area contributed by atoms with E-state index in [1.54, 1.807) is 18.4 Å². The largest absolute Gasteiger partial charge is 0.479 e. The molecule has 2 fully saturated rings. The highest BCUT2D eigenvalue weighted by molar-refractivity contribution is 6.33. The van der Waals surface area contributed by atoms with Crippen LogP contribution in [0.4, 0.5) is 0 Å². The van der Waals surface area contributed by atoms with E-state index in [1.165, 1.54) is 12.7 Å². The number of carbonyl (C=O) groups is 1. The summed E-state index contributed by atoms with van der Waals surface area (Å²) in [6.07, 6.45) is -0.411. The summed E-state index contributed by atoms with van der Waals surface area (Å²) in [5, 5.41) is 9.58. The lowest BCUT2D eigenvalue weighted by Gasteiger charge is -2.23. The number of ether oxygens (including phenoxy) is 3. The van der Waals surface area contributed by atoms with Crippen molar-refractivity contribution in [3.8, 4) is 0 Å². The minimum Gasteiger partial charge on any atom is -0.479 e. The van der Waals surface area contributed by atoms with Crippen LogP contribution in [0.15, 0.2) is 12.7 Å². The lowest BCUT2D eigenvalue weighted by Crippen LogP contribution is -2.35. The number of hydrogen-bond acceptors (Lipinski definition) is 7. The van der Waals surface area contributed by atoms with Crippen LogP contribution < -0.4 is 0 Å². The van der Waals surface area contributed by atoms with Crippen molar-refractivity contribution in [2.75, 3.05) is 0 Å². The van der Waals surface area contributed by atoms with Gasteiger partial charge in [-0.05, 0) is 13.8 Å². The van der Waals surface area contributed by atoms with Crippen LogP contribution in [0.2, 0.25) is 5.15 Å². The molecule has 2 aliphatic rings. The second-order valence-corrected chi connectivity index (χ2v) is 6.20. The Morgan fingerprint density at radius 1 is 1.30 bits per heavy atom. The van der Waals surface area contributed by atoms with Gasteiger partial charge in [-0.3, -0.25) is 4.57 Å². The van der Waals surface area contributed by atoms with Crippen molar-refractivity contribution in [1.82, 2.24) is 19.5 Å². The summed E-state index contributed by atoms with van der Waals surface area (Å²) in [5.41, 5.74) is 0.847. The molecule has 10 heteroatoms. The second-order valence-electron chi connectivity index (χ2n) is 5.84. The minimum absolute atomic E-state index is 0.210. The van der Waals surface area contributed by atoms with Crippen LogP contribution in [0.3, 0.4) is 0 Å². The first-order chi connectivity index (χ1) is 10.9. The average Bonchev–Trinajstić information content (AvgIpc) is 3.09. The van der Waals surface area contributed by atoms with Crippen LogP contribution in [0.25, 0.3) is 11.2 Å². The highest BCUT2D eigenvalue weighted by Gasteiger charge is 2.58. The zero-order valence-corrected chi connectivity index (χ0v) is 13.0. The molecule has 4 rings (SSSR count). The Bertz CT molecular complexity index is 794. The number of carboxylic acids is 1. The predicted octanol–water partition coefficient (Wildman–Crippen LogP) is 0.982. The smallest absolute Gasteiger partial charge is 0.335 e. The Morgan fingerprint density at radius 2 is 2.04 bits per heavy atom. The van der Waals surface area contributed by atoms with E-state index in [-0.39, 0.29) is 5.15 Å². The number of hydrogen-bond donors (Lipinski definition) is 1. The third-order valence-electron chi connectivity index (χ3n) is 3.86. The highest BCUT2D eigenvalue weighted by atomic mass is 35.5. The summed E-state index contributed by atoms with van der Waals surface area (Å²) in [5.74, 6) is -2.01. The molecule has 23 heavy (non-hydrogen) atoms. The van der Waals surface area contributed by atoms with Gasteiger partial charge in [0.25, 0.3) is 0 Å². The van der Waals surface area contributed by atoms with Gasteiger partial charge in [-0.2, -0.15) is 0 Å². The van der Waals surface area contributed by atoms with E-state index in [0.717, 1.165) is 0 Å². The molecular weight excluding hydrogens is 328 g/mol. The Balaban J connectivity index is 1.78. The fraction of sp³-hybridized carbons (Fsp3) is 0.538. The van der Waals surface area contributed by atoms with E-state index in [1.807, 2.05) is 0 Å². The summed E-state index contributed by atoms with van der Waals surface area (Å²) in [6.45, 7) is 3.46. The maximum Gasteiger partial charge on any atom is 0.335 e. The average molecular weight is 341 g/mol. The highest BCUT2D eigenvalue weighted by Crippen LogP contribution is 2.43. The number of fused-ring (bicyclic) bond motifs is 2. The monoisotopic (exact) mass is 340 g/mol. The maximum atomic E-state index is 11.5. The number of aromatic nitrogens is 4. The van der Waals surface area contributed by atoms with Crippen molar-refractivity contribution in [1.29, 1.82) is 0 Å². The zero-order valence-electron chi connectivity index (χ0n) is 12.2. The first-order valence-corrected chi connectivity index (χ1v) is 7.32. The molecule has 122 valence electrons. The van der Waals surface area contributed by atoms with Crippen molar-refractivity contribution in [2.24, 2.45) is 0 Å². The van der Waals surface area contributed by atoms with Crippen LogP contribution in [-0.2, 0) is 19.0 Å². The Labute approximate surface area is 135 Å². The Kier molecular flexibility index (Phi) is 3.11. The number of nitrogens with zero attached hydrogens (tertiary/aromatic N) is 4. The molecule has 2 aromatic rings. The second kappa shape index (κ2) is 4.84. The van der Waals surface area contributed by atoms with E-state index in [0.29, 0.717) is 11.2 Å². The van der Waals surface area contributed by atoms with Gasteiger partial charge < -0.3 is 19.3 Å². The number of aliphatic carboxylic acids is 1. The molecular formula is C13H13ClN4O5. The molecule has 0 aromatic carbocycles. The van der Waals surface area contributed by atoms with Crippen LogP contribution in [0, 0.1) is 0 Å². The van der Waals surface area contributed by atoms with Crippen molar-refractivity contribution in [2.45, 2.75) is 44.2 Å². The van der Waals surface area contributed by atoms with Crippen LogP contribution in [0.5, 0.6) is 0 Å². The van der Waals surface area contributed by atoms with Crippen molar-refractivity contribution >= 4 is 28.7 Å². The lowest BCUT2D eigenvalue weighted by molar-refractivity contribution is -0.202. The van der Waals surface area contributed by atoms with Gasteiger partial charge in [0.05, 0.1) is 6.33 Å². The molecule has 2 saturated heterocycles. The molecule has 4 heterocycles. The third-order valence-corrected chi connectivity index (χ3v) is 4.14. The molecule has 0 aliphatic carbocycles. The van der Waals surface area contributed by atoms with Gasteiger partial charge in [-0.25, -0.2) is 19.7 Å². The van der Waals surface area contributed by atoms with E-state index in [9.17, 15) is 9.90 Å². The van der Waals surface area contributed by atoms with E-state index in [2.05, 4.69) is 15.0 Å². The Morgan fingerprint density at radius 3 is 2.78 bits per heavy atom.